The lowest BCUT2D eigenvalue weighted by molar-refractivity contribution is 0.268. The summed E-state index contributed by atoms with van der Waals surface area (Å²) in [5, 5.41) is 12.2. The van der Waals surface area contributed by atoms with Crippen LogP contribution < -0.4 is 5.32 Å². The number of nitrogens with one attached hydrogen (secondary N) is 1. The molecule has 0 bridgehead atoms. The summed E-state index contributed by atoms with van der Waals surface area (Å²) in [6, 6.07) is 6.70. The van der Waals surface area contributed by atoms with Gasteiger partial charge in [0.1, 0.15) is 0 Å². The Morgan fingerprint density at radius 3 is 2.64 bits per heavy atom. The van der Waals surface area contributed by atoms with Crippen molar-refractivity contribution >= 4 is 0 Å². The van der Waals surface area contributed by atoms with E-state index in [2.05, 4.69) is 37.4 Å². The summed E-state index contributed by atoms with van der Waals surface area (Å²) in [7, 11) is 1.93. The Hall–Kier alpha value is -0.860. The highest BCUT2D eigenvalue weighted by Gasteiger charge is 2.10. The maximum Gasteiger partial charge on any atom is 0.0449 e. The Labute approximate surface area is 86.0 Å². The number of benzene rings is 1. The second-order valence-electron chi connectivity index (χ2n) is 3.71. The molecule has 0 aromatic heterocycles. The molecule has 78 valence electrons. The quantitative estimate of drug-likeness (QED) is 0.766. The van der Waals surface area contributed by atoms with E-state index in [4.69, 9.17) is 5.11 Å². The molecule has 2 N–H and O–H groups in total. The van der Waals surface area contributed by atoms with E-state index in [9.17, 15) is 0 Å². The van der Waals surface area contributed by atoms with E-state index in [0.717, 1.165) is 6.42 Å². The molecule has 0 aliphatic carbocycles. The highest BCUT2D eigenvalue weighted by molar-refractivity contribution is 5.32. The first-order chi connectivity index (χ1) is 6.69. The van der Waals surface area contributed by atoms with Crippen molar-refractivity contribution in [3.63, 3.8) is 0 Å². The van der Waals surface area contributed by atoms with Gasteiger partial charge in [0.15, 0.2) is 0 Å². The van der Waals surface area contributed by atoms with Gasteiger partial charge in [0.25, 0.3) is 0 Å². The lowest BCUT2D eigenvalue weighted by Gasteiger charge is -2.18. The molecule has 14 heavy (non-hydrogen) atoms. The molecule has 1 aromatic carbocycles. The minimum Gasteiger partial charge on any atom is -0.396 e. The molecule has 0 amide bonds. The molecule has 1 rings (SSSR count). The van der Waals surface area contributed by atoms with Crippen LogP contribution in [0.4, 0.5) is 0 Å². The first-order valence-corrected chi connectivity index (χ1v) is 5.04. The summed E-state index contributed by atoms with van der Waals surface area (Å²) >= 11 is 0. The van der Waals surface area contributed by atoms with Crippen LogP contribution in [-0.4, -0.2) is 18.8 Å². The Balaban J connectivity index is 2.96. The van der Waals surface area contributed by atoms with E-state index in [1.807, 2.05) is 7.05 Å². The van der Waals surface area contributed by atoms with Gasteiger partial charge in [0, 0.05) is 12.6 Å². The summed E-state index contributed by atoms with van der Waals surface area (Å²) in [6.45, 7) is 4.42. The van der Waals surface area contributed by atoms with Gasteiger partial charge in [-0.25, -0.2) is 0 Å². The van der Waals surface area contributed by atoms with Gasteiger partial charge in [-0.1, -0.05) is 23.8 Å². The second-order valence-corrected chi connectivity index (χ2v) is 3.71. The van der Waals surface area contributed by atoms with E-state index in [1.165, 1.54) is 16.7 Å². The molecule has 0 saturated heterocycles. The average molecular weight is 193 g/mol. The summed E-state index contributed by atoms with van der Waals surface area (Å²) in [6.07, 6.45) is 0.765. The predicted molar refractivity (Wildman–Crippen MR) is 59.4 cm³/mol. The van der Waals surface area contributed by atoms with Crippen molar-refractivity contribution in [2.75, 3.05) is 13.7 Å². The lowest BCUT2D eigenvalue weighted by Crippen LogP contribution is -2.18. The zero-order chi connectivity index (χ0) is 10.6. The Morgan fingerprint density at radius 2 is 2.07 bits per heavy atom. The van der Waals surface area contributed by atoms with Crippen molar-refractivity contribution in [3.05, 3.63) is 34.9 Å². The number of aryl methyl sites for hydroxylation is 2. The monoisotopic (exact) mass is 193 g/mol. The van der Waals surface area contributed by atoms with Crippen molar-refractivity contribution in [2.24, 2.45) is 0 Å². The van der Waals surface area contributed by atoms with Crippen LogP contribution in [-0.2, 0) is 0 Å². The average Bonchev–Trinajstić information content (AvgIpc) is 2.18. The van der Waals surface area contributed by atoms with Crippen molar-refractivity contribution in [3.8, 4) is 0 Å². The number of rotatable bonds is 4. The third kappa shape index (κ3) is 2.56. The van der Waals surface area contributed by atoms with Gasteiger partial charge in [-0.3, -0.25) is 0 Å². The fraction of sp³-hybridized carbons (Fsp3) is 0.500. The fourth-order valence-electron chi connectivity index (χ4n) is 1.72. The molecular weight excluding hydrogens is 174 g/mol. The van der Waals surface area contributed by atoms with Gasteiger partial charge < -0.3 is 10.4 Å². The third-order valence-corrected chi connectivity index (χ3v) is 2.58. The fourth-order valence-corrected chi connectivity index (χ4v) is 1.72. The van der Waals surface area contributed by atoms with Crippen LogP contribution in [0.25, 0.3) is 0 Å². The topological polar surface area (TPSA) is 32.3 Å². The summed E-state index contributed by atoms with van der Waals surface area (Å²) in [5.74, 6) is 0. The van der Waals surface area contributed by atoms with Crippen LogP contribution in [0, 0.1) is 13.8 Å². The molecule has 1 unspecified atom stereocenters. The largest absolute Gasteiger partial charge is 0.396 e. The number of aliphatic hydroxyl groups excluding tert-OH is 1. The third-order valence-electron chi connectivity index (χ3n) is 2.58. The van der Waals surface area contributed by atoms with E-state index < -0.39 is 0 Å². The summed E-state index contributed by atoms with van der Waals surface area (Å²) in [5.41, 5.74) is 3.84. The maximum atomic E-state index is 8.95. The Kier molecular flexibility index (Phi) is 4.11. The van der Waals surface area contributed by atoms with Gasteiger partial charge in [0.05, 0.1) is 0 Å². The molecule has 0 aliphatic rings. The van der Waals surface area contributed by atoms with Crippen molar-refractivity contribution in [1.82, 2.24) is 5.32 Å². The first-order valence-electron chi connectivity index (χ1n) is 5.04. The molecule has 0 heterocycles. The van der Waals surface area contributed by atoms with E-state index in [0.29, 0.717) is 0 Å². The molecule has 1 aromatic rings. The van der Waals surface area contributed by atoms with E-state index >= 15 is 0 Å². The molecule has 1 atom stereocenters. The maximum absolute atomic E-state index is 8.95. The van der Waals surface area contributed by atoms with Crippen molar-refractivity contribution < 1.29 is 5.11 Å². The van der Waals surface area contributed by atoms with Crippen LogP contribution in [0.15, 0.2) is 18.2 Å². The molecule has 2 heteroatoms. The molecule has 0 spiro atoms. The van der Waals surface area contributed by atoms with Gasteiger partial charge in [-0.05, 0) is 38.4 Å². The molecule has 0 saturated carbocycles. The minimum atomic E-state index is 0.221. The highest BCUT2D eigenvalue weighted by Crippen LogP contribution is 2.21. The van der Waals surface area contributed by atoms with Gasteiger partial charge >= 0.3 is 0 Å². The zero-order valence-electron chi connectivity index (χ0n) is 9.17. The smallest absolute Gasteiger partial charge is 0.0449 e. The van der Waals surface area contributed by atoms with Gasteiger partial charge in [-0.2, -0.15) is 0 Å². The predicted octanol–water partition coefficient (Wildman–Crippen LogP) is 1.95. The van der Waals surface area contributed by atoms with E-state index in [-0.39, 0.29) is 12.6 Å². The Morgan fingerprint density at radius 1 is 1.36 bits per heavy atom. The van der Waals surface area contributed by atoms with Gasteiger partial charge in [-0.15, -0.1) is 0 Å². The molecule has 0 aliphatic heterocycles. The Bertz CT molecular complexity index is 296. The lowest BCUT2D eigenvalue weighted by atomic mass is 9.97. The van der Waals surface area contributed by atoms with Crippen LogP contribution in [0.3, 0.4) is 0 Å². The summed E-state index contributed by atoms with van der Waals surface area (Å²) < 4.78 is 0. The molecule has 0 radical (unpaired) electrons. The van der Waals surface area contributed by atoms with Gasteiger partial charge in [0.2, 0.25) is 0 Å². The number of aliphatic hydroxyl groups is 1. The number of hydrogen-bond donors (Lipinski definition) is 2. The van der Waals surface area contributed by atoms with Crippen molar-refractivity contribution in [1.29, 1.82) is 0 Å². The number of hydrogen-bond acceptors (Lipinski definition) is 2. The second kappa shape index (κ2) is 5.13. The normalized spacial score (nSPS) is 12.9. The molecule has 2 nitrogen and oxygen atoms in total. The summed E-state index contributed by atoms with van der Waals surface area (Å²) in [4.78, 5) is 0. The van der Waals surface area contributed by atoms with Crippen molar-refractivity contribution in [2.45, 2.75) is 26.3 Å². The highest BCUT2D eigenvalue weighted by atomic mass is 16.3. The molecular formula is C12H19NO. The minimum absolute atomic E-state index is 0.221. The van der Waals surface area contributed by atoms with Crippen LogP contribution >= 0.6 is 0 Å². The van der Waals surface area contributed by atoms with Crippen LogP contribution in [0.5, 0.6) is 0 Å². The van der Waals surface area contributed by atoms with Crippen LogP contribution in [0.1, 0.15) is 29.2 Å². The zero-order valence-corrected chi connectivity index (χ0v) is 9.17. The first kappa shape index (κ1) is 11.2. The van der Waals surface area contributed by atoms with Crippen LogP contribution in [0.2, 0.25) is 0 Å². The van der Waals surface area contributed by atoms with E-state index in [1.54, 1.807) is 0 Å². The SMILES string of the molecule is CNC(CCO)c1cc(C)ccc1C. The molecule has 0 fully saturated rings. The standard InChI is InChI=1S/C12H19NO/c1-9-4-5-10(2)11(8-9)12(13-3)6-7-14/h4-5,8,12-14H,6-7H2,1-3H3.